The lowest BCUT2D eigenvalue weighted by Gasteiger charge is -2.15. The SMILES string of the molecule is CC(C)c1ccc([C@@H]([NH2+]Cc2nc(-c3ccccc3)no2)c2cccs2)cc1. The molecular weight excluding hydrogens is 366 g/mol. The van der Waals surface area contributed by atoms with Gasteiger partial charge in [-0.25, -0.2) is 0 Å². The molecule has 2 aromatic heterocycles. The van der Waals surface area contributed by atoms with E-state index in [1.54, 1.807) is 11.3 Å². The highest BCUT2D eigenvalue weighted by molar-refractivity contribution is 7.10. The Morgan fingerprint density at radius 1 is 0.929 bits per heavy atom. The Balaban J connectivity index is 1.52. The molecule has 4 nitrogen and oxygen atoms in total. The first kappa shape index (κ1) is 18.6. The quantitative estimate of drug-likeness (QED) is 0.494. The molecule has 0 aliphatic carbocycles. The number of hydrogen-bond acceptors (Lipinski definition) is 4. The molecule has 0 bridgehead atoms. The minimum Gasteiger partial charge on any atom is -0.333 e. The second-order valence-corrected chi connectivity index (χ2v) is 8.11. The van der Waals surface area contributed by atoms with Crippen LogP contribution in [0.1, 0.15) is 47.7 Å². The number of hydrogen-bond donors (Lipinski definition) is 1. The highest BCUT2D eigenvalue weighted by Crippen LogP contribution is 2.25. The zero-order valence-corrected chi connectivity index (χ0v) is 16.9. The number of nitrogens with two attached hydrogens (primary N) is 1. The molecule has 2 aromatic carbocycles. The van der Waals surface area contributed by atoms with Crippen LogP contribution >= 0.6 is 11.3 Å². The average molecular weight is 391 g/mol. The zero-order chi connectivity index (χ0) is 19.3. The third-order valence-corrected chi connectivity index (χ3v) is 5.80. The Bertz CT molecular complexity index is 992. The van der Waals surface area contributed by atoms with Gasteiger partial charge in [0.2, 0.25) is 5.82 Å². The van der Waals surface area contributed by atoms with Crippen molar-refractivity contribution in [2.75, 3.05) is 0 Å². The lowest BCUT2D eigenvalue weighted by Crippen LogP contribution is -2.83. The van der Waals surface area contributed by atoms with Gasteiger partial charge in [0, 0.05) is 11.1 Å². The van der Waals surface area contributed by atoms with Crippen LogP contribution in [0, 0.1) is 0 Å². The molecule has 4 rings (SSSR count). The van der Waals surface area contributed by atoms with Gasteiger partial charge in [0.25, 0.3) is 5.89 Å². The topological polar surface area (TPSA) is 55.5 Å². The maximum absolute atomic E-state index is 5.48. The summed E-state index contributed by atoms with van der Waals surface area (Å²) in [6, 6.07) is 23.3. The summed E-state index contributed by atoms with van der Waals surface area (Å²) in [4.78, 5) is 5.88. The maximum atomic E-state index is 5.48. The summed E-state index contributed by atoms with van der Waals surface area (Å²) in [6.07, 6.45) is 0. The van der Waals surface area contributed by atoms with Gasteiger partial charge in [-0.05, 0) is 22.9 Å². The van der Waals surface area contributed by atoms with E-state index in [1.165, 1.54) is 16.0 Å². The number of quaternary nitrogens is 1. The lowest BCUT2D eigenvalue weighted by atomic mass is 9.98. The van der Waals surface area contributed by atoms with Crippen LogP contribution in [-0.4, -0.2) is 10.1 Å². The first-order chi connectivity index (χ1) is 13.7. The molecule has 0 saturated heterocycles. The van der Waals surface area contributed by atoms with Crippen LogP contribution in [0.25, 0.3) is 11.4 Å². The van der Waals surface area contributed by atoms with Gasteiger partial charge >= 0.3 is 0 Å². The van der Waals surface area contributed by atoms with Crippen molar-refractivity contribution < 1.29 is 9.84 Å². The molecule has 0 aliphatic rings. The third kappa shape index (κ3) is 4.21. The normalized spacial score (nSPS) is 12.4. The van der Waals surface area contributed by atoms with Gasteiger partial charge in [-0.2, -0.15) is 4.98 Å². The van der Waals surface area contributed by atoms with E-state index in [1.807, 2.05) is 30.3 Å². The summed E-state index contributed by atoms with van der Waals surface area (Å²) in [7, 11) is 0. The summed E-state index contributed by atoms with van der Waals surface area (Å²) >= 11 is 1.78. The van der Waals surface area contributed by atoms with Crippen LogP contribution < -0.4 is 5.32 Å². The Kier molecular flexibility index (Phi) is 5.65. The van der Waals surface area contributed by atoms with Crippen LogP contribution in [0.3, 0.4) is 0 Å². The van der Waals surface area contributed by atoms with Crippen molar-refractivity contribution in [3.05, 3.63) is 94.0 Å². The van der Waals surface area contributed by atoms with E-state index in [2.05, 4.69) is 71.1 Å². The van der Waals surface area contributed by atoms with Crippen molar-refractivity contribution in [2.45, 2.75) is 32.4 Å². The molecule has 0 fully saturated rings. The van der Waals surface area contributed by atoms with Gasteiger partial charge in [0.05, 0.1) is 4.88 Å². The van der Waals surface area contributed by atoms with Crippen molar-refractivity contribution >= 4 is 11.3 Å². The average Bonchev–Trinajstić information content (AvgIpc) is 3.42. The molecule has 0 aliphatic heterocycles. The van der Waals surface area contributed by atoms with Crippen molar-refractivity contribution in [1.82, 2.24) is 10.1 Å². The number of aromatic nitrogens is 2. The smallest absolute Gasteiger partial charge is 0.282 e. The van der Waals surface area contributed by atoms with Gasteiger partial charge in [-0.1, -0.05) is 79.7 Å². The van der Waals surface area contributed by atoms with Gasteiger partial charge in [-0.3, -0.25) is 0 Å². The fraction of sp³-hybridized carbons (Fsp3) is 0.217. The van der Waals surface area contributed by atoms with Crippen molar-refractivity contribution in [3.8, 4) is 11.4 Å². The molecule has 4 aromatic rings. The molecule has 0 unspecified atom stereocenters. The first-order valence-electron chi connectivity index (χ1n) is 9.55. The maximum Gasteiger partial charge on any atom is 0.282 e. The molecule has 0 saturated carbocycles. The van der Waals surface area contributed by atoms with Crippen molar-refractivity contribution in [1.29, 1.82) is 0 Å². The summed E-state index contributed by atoms with van der Waals surface area (Å²) in [5, 5.41) is 8.51. The largest absolute Gasteiger partial charge is 0.333 e. The van der Waals surface area contributed by atoms with Gasteiger partial charge in [0.1, 0.15) is 6.04 Å². The monoisotopic (exact) mass is 390 g/mol. The second kappa shape index (κ2) is 8.50. The molecule has 0 spiro atoms. The zero-order valence-electron chi connectivity index (χ0n) is 16.1. The number of benzene rings is 2. The molecule has 28 heavy (non-hydrogen) atoms. The fourth-order valence-electron chi connectivity index (χ4n) is 3.23. The van der Waals surface area contributed by atoms with Crippen molar-refractivity contribution in [3.63, 3.8) is 0 Å². The second-order valence-electron chi connectivity index (χ2n) is 7.13. The van der Waals surface area contributed by atoms with E-state index in [9.17, 15) is 0 Å². The van der Waals surface area contributed by atoms with Crippen LogP contribution in [0.15, 0.2) is 76.6 Å². The predicted octanol–water partition coefficient (Wildman–Crippen LogP) is 4.77. The molecule has 1 atom stereocenters. The number of rotatable bonds is 7. The van der Waals surface area contributed by atoms with E-state index in [4.69, 9.17) is 4.52 Å². The summed E-state index contributed by atoms with van der Waals surface area (Å²) in [6.45, 7) is 5.07. The minimum atomic E-state index is 0.216. The van der Waals surface area contributed by atoms with E-state index >= 15 is 0 Å². The third-order valence-electron chi connectivity index (χ3n) is 4.84. The summed E-state index contributed by atoms with van der Waals surface area (Å²) in [5.41, 5.74) is 3.62. The van der Waals surface area contributed by atoms with E-state index in [-0.39, 0.29) is 6.04 Å². The highest BCUT2D eigenvalue weighted by atomic mass is 32.1. The van der Waals surface area contributed by atoms with Crippen LogP contribution in [0.2, 0.25) is 0 Å². The Morgan fingerprint density at radius 3 is 2.36 bits per heavy atom. The summed E-state index contributed by atoms with van der Waals surface area (Å²) in [5.74, 6) is 1.81. The first-order valence-corrected chi connectivity index (χ1v) is 10.4. The van der Waals surface area contributed by atoms with E-state index < -0.39 is 0 Å². The minimum absolute atomic E-state index is 0.216. The summed E-state index contributed by atoms with van der Waals surface area (Å²) < 4.78 is 5.48. The molecule has 5 heteroatoms. The molecular formula is C23H24N3OS+. The molecule has 2 heterocycles. The standard InChI is InChI=1S/C23H23N3OS/c1-16(2)17-10-12-18(13-11-17)22(20-9-6-14-28-20)24-15-21-25-23(26-27-21)19-7-4-3-5-8-19/h3-14,16,22,24H,15H2,1-2H3/p+1/t22-/m1/s1. The molecule has 0 radical (unpaired) electrons. The molecule has 142 valence electrons. The highest BCUT2D eigenvalue weighted by Gasteiger charge is 2.20. The Labute approximate surface area is 169 Å². The van der Waals surface area contributed by atoms with Crippen LogP contribution in [0.5, 0.6) is 0 Å². The molecule has 0 amide bonds. The van der Waals surface area contributed by atoms with Crippen LogP contribution in [0.4, 0.5) is 0 Å². The lowest BCUT2D eigenvalue weighted by molar-refractivity contribution is -0.704. The van der Waals surface area contributed by atoms with Gasteiger partial charge in [-0.15, -0.1) is 11.3 Å². The van der Waals surface area contributed by atoms with Gasteiger partial charge < -0.3 is 9.84 Å². The predicted molar refractivity (Wildman–Crippen MR) is 112 cm³/mol. The molecule has 2 N–H and O–H groups in total. The number of nitrogens with zero attached hydrogens (tertiary/aromatic N) is 2. The Morgan fingerprint density at radius 2 is 1.68 bits per heavy atom. The Hall–Kier alpha value is -2.76. The van der Waals surface area contributed by atoms with E-state index in [0.29, 0.717) is 24.2 Å². The van der Waals surface area contributed by atoms with Crippen molar-refractivity contribution in [2.24, 2.45) is 0 Å². The number of thiophene rings is 1. The van der Waals surface area contributed by atoms with Crippen LogP contribution in [-0.2, 0) is 6.54 Å². The van der Waals surface area contributed by atoms with Gasteiger partial charge in [0.15, 0.2) is 6.54 Å². The fourth-order valence-corrected chi connectivity index (χ4v) is 4.08. The van der Waals surface area contributed by atoms with E-state index in [0.717, 1.165) is 5.56 Å².